The summed E-state index contributed by atoms with van der Waals surface area (Å²) in [5.41, 5.74) is 1.24. The summed E-state index contributed by atoms with van der Waals surface area (Å²) in [6, 6.07) is 10.1. The molecular formula is C13H21O4P. The largest absolute Gasteiger partial charge is 0.392 e. The van der Waals surface area contributed by atoms with E-state index >= 15 is 0 Å². The molecule has 0 spiro atoms. The topological polar surface area (TPSA) is 55.8 Å². The first-order valence-electron chi connectivity index (χ1n) is 6.02. The molecule has 4 nitrogen and oxygen atoms in total. The average molecular weight is 272 g/mol. The summed E-state index contributed by atoms with van der Waals surface area (Å²) in [6.07, 6.45) is 1.74. The van der Waals surface area contributed by atoms with Crippen LogP contribution in [0.4, 0.5) is 0 Å². The number of aliphatic hydroxyl groups excluding tert-OH is 1. The summed E-state index contributed by atoms with van der Waals surface area (Å²) in [4.78, 5) is 0. The highest BCUT2D eigenvalue weighted by Crippen LogP contribution is 2.47. The van der Waals surface area contributed by atoms with E-state index in [1.165, 1.54) is 19.8 Å². The van der Waals surface area contributed by atoms with Crippen molar-refractivity contribution in [3.63, 3.8) is 0 Å². The van der Waals surface area contributed by atoms with E-state index in [2.05, 4.69) is 12.1 Å². The molecule has 0 aromatic heterocycles. The zero-order valence-electron chi connectivity index (χ0n) is 10.9. The van der Waals surface area contributed by atoms with Crippen LogP contribution < -0.4 is 0 Å². The Kier molecular flexibility index (Phi) is 6.58. The van der Waals surface area contributed by atoms with Crippen LogP contribution in [0.5, 0.6) is 0 Å². The summed E-state index contributed by atoms with van der Waals surface area (Å²) < 4.78 is 21.4. The normalized spacial score (nSPS) is 13.5. The second kappa shape index (κ2) is 7.70. The summed E-state index contributed by atoms with van der Waals surface area (Å²) in [5.74, 6) is 0. The van der Waals surface area contributed by atoms with Gasteiger partial charge in [0.25, 0.3) is 0 Å². The zero-order chi connectivity index (χ0) is 13.4. The third kappa shape index (κ3) is 5.32. The van der Waals surface area contributed by atoms with Gasteiger partial charge in [-0.2, -0.15) is 0 Å². The van der Waals surface area contributed by atoms with E-state index in [0.29, 0.717) is 6.42 Å². The molecule has 0 unspecified atom stereocenters. The van der Waals surface area contributed by atoms with Gasteiger partial charge in [0.1, 0.15) is 0 Å². The van der Waals surface area contributed by atoms with Crippen molar-refractivity contribution in [2.45, 2.75) is 25.4 Å². The quantitative estimate of drug-likeness (QED) is 0.739. The van der Waals surface area contributed by atoms with Crippen LogP contribution in [0.1, 0.15) is 18.4 Å². The number of benzene rings is 1. The van der Waals surface area contributed by atoms with Crippen LogP contribution in [0.25, 0.3) is 0 Å². The molecule has 5 heteroatoms. The highest BCUT2D eigenvalue weighted by Gasteiger charge is 2.25. The molecule has 1 N–H and O–H groups in total. The summed E-state index contributed by atoms with van der Waals surface area (Å²) in [5, 5.41) is 9.79. The Bertz CT molecular complexity index is 372. The second-order valence-corrected chi connectivity index (χ2v) is 6.51. The molecule has 1 aromatic carbocycles. The molecule has 0 saturated carbocycles. The molecule has 0 bridgehead atoms. The minimum absolute atomic E-state index is 0.0504. The molecule has 0 fully saturated rings. The van der Waals surface area contributed by atoms with E-state index < -0.39 is 13.7 Å². The molecule has 0 aliphatic rings. The van der Waals surface area contributed by atoms with Crippen LogP contribution in [0.3, 0.4) is 0 Å². The molecule has 18 heavy (non-hydrogen) atoms. The summed E-state index contributed by atoms with van der Waals surface area (Å²) in [7, 11) is -0.431. The van der Waals surface area contributed by atoms with Gasteiger partial charge >= 0.3 is 7.60 Å². The molecule has 1 aromatic rings. The molecule has 0 saturated heterocycles. The van der Waals surface area contributed by atoms with Crippen molar-refractivity contribution >= 4 is 7.60 Å². The molecule has 1 rings (SSSR count). The van der Waals surface area contributed by atoms with Crippen LogP contribution in [-0.2, 0) is 20.0 Å². The lowest BCUT2D eigenvalue weighted by Gasteiger charge is -2.17. The van der Waals surface area contributed by atoms with Crippen molar-refractivity contribution in [3.05, 3.63) is 35.9 Å². The molecule has 0 heterocycles. The van der Waals surface area contributed by atoms with Gasteiger partial charge in [-0.15, -0.1) is 0 Å². The minimum atomic E-state index is -3.10. The van der Waals surface area contributed by atoms with Crippen LogP contribution in [0, 0.1) is 0 Å². The lowest BCUT2D eigenvalue weighted by atomic mass is 10.1. The fourth-order valence-corrected chi connectivity index (χ4v) is 2.91. The molecular weight excluding hydrogens is 251 g/mol. The maximum absolute atomic E-state index is 11.8. The molecule has 0 aliphatic heterocycles. The summed E-state index contributed by atoms with van der Waals surface area (Å²) in [6.45, 7) is 0. The second-order valence-electron chi connectivity index (χ2n) is 4.19. The van der Waals surface area contributed by atoms with Gasteiger partial charge < -0.3 is 14.2 Å². The van der Waals surface area contributed by atoms with E-state index in [1.54, 1.807) is 0 Å². The molecule has 1 atom stereocenters. The Hall–Kier alpha value is -0.670. The Labute approximate surface area is 108 Å². The number of rotatable bonds is 8. The smallest absolute Gasteiger partial charge is 0.332 e. The minimum Gasteiger partial charge on any atom is -0.392 e. The van der Waals surface area contributed by atoms with Crippen LogP contribution in [-0.4, -0.2) is 31.6 Å². The van der Waals surface area contributed by atoms with Gasteiger partial charge in [-0.25, -0.2) is 0 Å². The van der Waals surface area contributed by atoms with Crippen LogP contribution >= 0.6 is 7.60 Å². The van der Waals surface area contributed by atoms with Crippen LogP contribution in [0.2, 0.25) is 0 Å². The van der Waals surface area contributed by atoms with E-state index in [9.17, 15) is 9.67 Å². The third-order valence-corrected chi connectivity index (χ3v) is 4.82. The Morgan fingerprint density at radius 3 is 2.39 bits per heavy atom. The van der Waals surface area contributed by atoms with Gasteiger partial charge in [0.2, 0.25) is 0 Å². The number of hydrogen-bond donors (Lipinski definition) is 1. The fraction of sp³-hybridized carbons (Fsp3) is 0.538. The lowest BCUT2D eigenvalue weighted by molar-refractivity contribution is 0.169. The van der Waals surface area contributed by atoms with Crippen molar-refractivity contribution in [3.8, 4) is 0 Å². The van der Waals surface area contributed by atoms with Gasteiger partial charge in [-0.05, 0) is 24.8 Å². The van der Waals surface area contributed by atoms with Gasteiger partial charge in [-0.1, -0.05) is 30.3 Å². The van der Waals surface area contributed by atoms with Gasteiger partial charge in [0, 0.05) is 14.2 Å². The molecule has 0 radical (unpaired) electrons. The SMILES string of the molecule is COP(=O)(C[C@@H](O)CCCc1ccccc1)OC. The van der Waals surface area contributed by atoms with Gasteiger partial charge in [0.15, 0.2) is 0 Å². The van der Waals surface area contributed by atoms with Crippen molar-refractivity contribution < 1.29 is 18.7 Å². The zero-order valence-corrected chi connectivity index (χ0v) is 11.8. The van der Waals surface area contributed by atoms with E-state index in [1.807, 2.05) is 18.2 Å². The van der Waals surface area contributed by atoms with E-state index in [0.717, 1.165) is 12.8 Å². The van der Waals surface area contributed by atoms with Crippen LogP contribution in [0.15, 0.2) is 30.3 Å². The lowest BCUT2D eigenvalue weighted by Crippen LogP contribution is -2.14. The molecule has 0 amide bonds. The maximum atomic E-state index is 11.8. The Morgan fingerprint density at radius 1 is 1.22 bits per heavy atom. The fourth-order valence-electron chi connectivity index (χ4n) is 1.76. The standard InChI is InChI=1S/C13H21O4P/c1-16-18(15,17-2)11-13(14)10-6-9-12-7-4-3-5-8-12/h3-5,7-8,13-14H,6,9-11H2,1-2H3/t13-/m0/s1. The molecule has 0 aliphatic carbocycles. The number of hydrogen-bond acceptors (Lipinski definition) is 4. The summed E-state index contributed by atoms with van der Waals surface area (Å²) >= 11 is 0. The van der Waals surface area contributed by atoms with Gasteiger partial charge in [0.05, 0.1) is 12.3 Å². The average Bonchev–Trinajstić information content (AvgIpc) is 2.40. The first-order valence-corrected chi connectivity index (χ1v) is 7.75. The predicted octanol–water partition coefficient (Wildman–Crippen LogP) is 2.86. The monoisotopic (exact) mass is 272 g/mol. The third-order valence-electron chi connectivity index (χ3n) is 2.84. The van der Waals surface area contributed by atoms with Crippen molar-refractivity contribution in [1.29, 1.82) is 0 Å². The first kappa shape index (κ1) is 15.4. The Morgan fingerprint density at radius 2 is 1.83 bits per heavy atom. The maximum Gasteiger partial charge on any atom is 0.332 e. The van der Waals surface area contributed by atoms with Gasteiger partial charge in [-0.3, -0.25) is 4.57 Å². The highest BCUT2D eigenvalue weighted by atomic mass is 31.2. The highest BCUT2D eigenvalue weighted by molar-refractivity contribution is 7.53. The van der Waals surface area contributed by atoms with Crippen molar-refractivity contribution in [2.75, 3.05) is 20.4 Å². The Balaban J connectivity index is 2.29. The van der Waals surface area contributed by atoms with Crippen molar-refractivity contribution in [1.82, 2.24) is 0 Å². The van der Waals surface area contributed by atoms with E-state index in [4.69, 9.17) is 9.05 Å². The first-order chi connectivity index (χ1) is 8.59. The molecule has 102 valence electrons. The predicted molar refractivity (Wildman–Crippen MR) is 71.9 cm³/mol. The van der Waals surface area contributed by atoms with E-state index in [-0.39, 0.29) is 6.16 Å². The van der Waals surface area contributed by atoms with Crippen molar-refractivity contribution in [2.24, 2.45) is 0 Å². The number of aryl methyl sites for hydroxylation is 1. The number of aliphatic hydroxyl groups is 1.